The van der Waals surface area contributed by atoms with Gasteiger partial charge in [-0.05, 0) is 26.8 Å². The van der Waals surface area contributed by atoms with Crippen LogP contribution >= 0.6 is 0 Å². The Labute approximate surface area is 161 Å². The summed E-state index contributed by atoms with van der Waals surface area (Å²) in [4.78, 5) is 35.8. The van der Waals surface area contributed by atoms with Gasteiger partial charge in [0.15, 0.2) is 6.73 Å². The van der Waals surface area contributed by atoms with Gasteiger partial charge in [-0.25, -0.2) is 19.7 Å². The third-order valence-electron chi connectivity index (χ3n) is 3.46. The lowest BCUT2D eigenvalue weighted by Crippen LogP contribution is -2.25. The largest absolute Gasteiger partial charge is 0.510 e. The van der Waals surface area contributed by atoms with Gasteiger partial charge in [-0.2, -0.15) is 0 Å². The molecule has 28 heavy (non-hydrogen) atoms. The van der Waals surface area contributed by atoms with Gasteiger partial charge >= 0.3 is 12.1 Å². The molecule has 0 N–H and O–H groups in total. The van der Waals surface area contributed by atoms with Crippen molar-refractivity contribution >= 4 is 17.9 Å². The monoisotopic (exact) mass is 387 g/mol. The van der Waals surface area contributed by atoms with Crippen LogP contribution < -0.4 is 0 Å². The summed E-state index contributed by atoms with van der Waals surface area (Å²) in [7, 11) is 0. The van der Waals surface area contributed by atoms with Crippen molar-refractivity contribution in [3.8, 4) is 11.4 Å². The summed E-state index contributed by atoms with van der Waals surface area (Å²) < 4.78 is 18.4. The molecule has 0 saturated heterocycles. The van der Waals surface area contributed by atoms with Crippen LogP contribution in [0.25, 0.3) is 17.2 Å². The maximum Gasteiger partial charge on any atom is 0.510 e. The second-order valence-corrected chi connectivity index (χ2v) is 6.91. The normalized spacial score (nSPS) is 11.4. The Morgan fingerprint density at radius 2 is 1.96 bits per heavy atom. The van der Waals surface area contributed by atoms with E-state index in [4.69, 9.17) is 14.2 Å². The molecule has 3 heterocycles. The van der Waals surface area contributed by atoms with Crippen molar-refractivity contribution in [1.82, 2.24) is 23.9 Å². The maximum absolute atomic E-state index is 11.6. The van der Waals surface area contributed by atoms with Crippen molar-refractivity contribution in [2.45, 2.75) is 39.5 Å². The standard InChI is InChI=1S/C18H21N5O5/c1-18(2,3)28-15(24)5-8-26-17(25)27-12-22-10-13(21-11-22)14-9-20-16-19-6-4-7-23(14)16/h4,6-7,9-11H,5,8,12H2,1-3H3. The average molecular weight is 387 g/mol. The van der Waals surface area contributed by atoms with Gasteiger partial charge < -0.3 is 18.8 Å². The van der Waals surface area contributed by atoms with Crippen LogP contribution in [0.4, 0.5) is 4.79 Å². The lowest BCUT2D eigenvalue weighted by Gasteiger charge is -2.19. The lowest BCUT2D eigenvalue weighted by molar-refractivity contribution is -0.155. The zero-order valence-corrected chi connectivity index (χ0v) is 15.9. The Morgan fingerprint density at radius 3 is 2.75 bits per heavy atom. The van der Waals surface area contributed by atoms with Gasteiger partial charge in [-0.1, -0.05) is 0 Å². The highest BCUT2D eigenvalue weighted by atomic mass is 16.7. The van der Waals surface area contributed by atoms with Gasteiger partial charge in [0.2, 0.25) is 5.78 Å². The first-order chi connectivity index (χ1) is 13.3. The van der Waals surface area contributed by atoms with E-state index in [1.807, 2.05) is 6.20 Å². The highest BCUT2D eigenvalue weighted by Crippen LogP contribution is 2.17. The van der Waals surface area contributed by atoms with Gasteiger partial charge in [0, 0.05) is 18.6 Å². The average Bonchev–Trinajstić information content (AvgIpc) is 3.25. The van der Waals surface area contributed by atoms with E-state index in [0.717, 1.165) is 5.69 Å². The van der Waals surface area contributed by atoms with Crippen LogP contribution in [0.5, 0.6) is 0 Å². The number of carbonyl (C=O) groups excluding carboxylic acids is 2. The van der Waals surface area contributed by atoms with Crippen LogP contribution in [0, 0.1) is 0 Å². The zero-order chi connectivity index (χ0) is 20.1. The van der Waals surface area contributed by atoms with Crippen molar-refractivity contribution in [3.63, 3.8) is 0 Å². The number of hydrogen-bond donors (Lipinski definition) is 0. The molecule has 0 atom stereocenters. The van der Waals surface area contributed by atoms with E-state index in [1.165, 1.54) is 6.33 Å². The van der Waals surface area contributed by atoms with Gasteiger partial charge in [0.25, 0.3) is 0 Å². The third kappa shape index (κ3) is 5.06. The zero-order valence-electron chi connectivity index (χ0n) is 15.9. The minimum atomic E-state index is -0.877. The highest BCUT2D eigenvalue weighted by Gasteiger charge is 2.17. The molecule has 3 aromatic heterocycles. The number of nitrogens with zero attached hydrogens (tertiary/aromatic N) is 5. The van der Waals surface area contributed by atoms with E-state index in [0.29, 0.717) is 11.5 Å². The van der Waals surface area contributed by atoms with Crippen LogP contribution in [-0.2, 0) is 25.7 Å². The second kappa shape index (κ2) is 8.07. The maximum atomic E-state index is 11.6. The van der Waals surface area contributed by atoms with Crippen molar-refractivity contribution in [3.05, 3.63) is 37.2 Å². The summed E-state index contributed by atoms with van der Waals surface area (Å²) in [6.07, 6.45) is 7.49. The molecule has 148 valence electrons. The Bertz CT molecular complexity index is 972. The Hall–Kier alpha value is -3.43. The molecule has 3 aromatic rings. The third-order valence-corrected chi connectivity index (χ3v) is 3.46. The predicted octanol–water partition coefficient (Wildman–Crippen LogP) is 2.44. The number of imidazole rings is 2. The molecule has 0 spiro atoms. The molecule has 0 fully saturated rings. The molecule has 0 aliphatic rings. The molecule has 0 unspecified atom stereocenters. The first-order valence-corrected chi connectivity index (χ1v) is 8.63. The Balaban J connectivity index is 1.47. The molecule has 0 aromatic carbocycles. The number of aromatic nitrogens is 5. The van der Waals surface area contributed by atoms with Crippen molar-refractivity contribution in [2.24, 2.45) is 0 Å². The molecule has 0 bridgehead atoms. The van der Waals surface area contributed by atoms with Crippen LogP contribution in [0.15, 0.2) is 37.2 Å². The molecule has 10 nitrogen and oxygen atoms in total. The second-order valence-electron chi connectivity index (χ2n) is 6.91. The SMILES string of the molecule is CC(C)(C)OC(=O)CCOC(=O)OCn1cnc(-c2cnc3ncccn23)c1. The number of rotatable bonds is 6. The fourth-order valence-corrected chi connectivity index (χ4v) is 2.36. The fraction of sp³-hybridized carbons (Fsp3) is 0.389. The summed E-state index contributed by atoms with van der Waals surface area (Å²) in [6, 6.07) is 1.80. The predicted molar refractivity (Wildman–Crippen MR) is 97.1 cm³/mol. The summed E-state index contributed by atoms with van der Waals surface area (Å²) in [5.41, 5.74) is 0.845. The number of fused-ring (bicyclic) bond motifs is 1. The van der Waals surface area contributed by atoms with Crippen molar-refractivity contribution in [2.75, 3.05) is 6.61 Å². The van der Waals surface area contributed by atoms with Gasteiger partial charge in [0.1, 0.15) is 17.9 Å². The molecule has 10 heteroatoms. The molecule has 3 rings (SSSR count). The number of hydrogen-bond acceptors (Lipinski definition) is 8. The molecule has 0 amide bonds. The highest BCUT2D eigenvalue weighted by molar-refractivity contribution is 5.70. The summed E-state index contributed by atoms with van der Waals surface area (Å²) in [5.74, 6) is 0.124. The van der Waals surface area contributed by atoms with E-state index in [9.17, 15) is 9.59 Å². The Kier molecular flexibility index (Phi) is 5.57. The van der Waals surface area contributed by atoms with Crippen LogP contribution in [-0.4, -0.2) is 48.3 Å². The van der Waals surface area contributed by atoms with E-state index in [1.54, 1.807) is 54.4 Å². The first kappa shape index (κ1) is 19.3. The van der Waals surface area contributed by atoms with E-state index >= 15 is 0 Å². The van der Waals surface area contributed by atoms with Gasteiger partial charge in [-0.15, -0.1) is 0 Å². The van der Waals surface area contributed by atoms with Crippen LogP contribution in [0.2, 0.25) is 0 Å². The summed E-state index contributed by atoms with van der Waals surface area (Å²) >= 11 is 0. The smallest absolute Gasteiger partial charge is 0.460 e. The van der Waals surface area contributed by atoms with Crippen LogP contribution in [0.1, 0.15) is 27.2 Å². The molecule has 0 aliphatic heterocycles. The minimum absolute atomic E-state index is 0.0378. The van der Waals surface area contributed by atoms with Gasteiger partial charge in [-0.3, -0.25) is 9.20 Å². The number of carbonyl (C=O) groups is 2. The van der Waals surface area contributed by atoms with E-state index in [2.05, 4.69) is 15.0 Å². The molecular weight excluding hydrogens is 366 g/mol. The molecule has 0 saturated carbocycles. The molecule has 0 aliphatic carbocycles. The summed E-state index contributed by atoms with van der Waals surface area (Å²) in [6.45, 7) is 5.11. The molecular formula is C18H21N5O5. The van der Waals surface area contributed by atoms with Crippen molar-refractivity contribution < 1.29 is 23.8 Å². The minimum Gasteiger partial charge on any atom is -0.460 e. The summed E-state index contributed by atoms with van der Waals surface area (Å²) in [5, 5.41) is 0. The fourth-order valence-electron chi connectivity index (χ4n) is 2.36. The Morgan fingerprint density at radius 1 is 1.14 bits per heavy atom. The van der Waals surface area contributed by atoms with Gasteiger partial charge in [0.05, 0.1) is 24.6 Å². The topological polar surface area (TPSA) is 110 Å². The number of esters is 1. The number of ether oxygens (including phenoxy) is 3. The van der Waals surface area contributed by atoms with E-state index < -0.39 is 17.7 Å². The van der Waals surface area contributed by atoms with Crippen molar-refractivity contribution in [1.29, 1.82) is 0 Å². The molecule has 0 radical (unpaired) electrons. The lowest BCUT2D eigenvalue weighted by atomic mass is 10.2. The van der Waals surface area contributed by atoms with E-state index in [-0.39, 0.29) is 19.8 Å². The quantitative estimate of drug-likeness (QED) is 0.593. The first-order valence-electron chi connectivity index (χ1n) is 8.63. The van der Waals surface area contributed by atoms with Crippen LogP contribution in [0.3, 0.4) is 0 Å².